The monoisotopic (exact) mass is 274 g/mol. The highest BCUT2D eigenvalue weighted by molar-refractivity contribution is 6.30. The Morgan fingerprint density at radius 1 is 1.11 bits per heavy atom. The predicted octanol–water partition coefficient (Wildman–Crippen LogP) is 3.64. The largest absolute Gasteiger partial charge is 0.309 e. The van der Waals surface area contributed by atoms with Gasteiger partial charge in [-0.2, -0.15) is 5.26 Å². The van der Waals surface area contributed by atoms with Crippen LogP contribution in [-0.2, 0) is 13.1 Å². The molecule has 96 valence electrons. The number of nitrogens with one attached hydrogen (secondary N) is 1. The van der Waals surface area contributed by atoms with E-state index in [0.29, 0.717) is 29.2 Å². The van der Waals surface area contributed by atoms with Gasteiger partial charge in [0.25, 0.3) is 0 Å². The van der Waals surface area contributed by atoms with E-state index < -0.39 is 0 Å². The number of hydrogen-bond acceptors (Lipinski definition) is 2. The molecule has 2 aromatic carbocycles. The number of halogens is 2. The van der Waals surface area contributed by atoms with Crippen LogP contribution >= 0.6 is 11.6 Å². The lowest BCUT2D eigenvalue weighted by molar-refractivity contribution is 0.587. The van der Waals surface area contributed by atoms with E-state index in [1.165, 1.54) is 12.1 Å². The lowest BCUT2D eigenvalue weighted by atomic mass is 10.1. The Kier molecular flexibility index (Phi) is 4.51. The molecule has 0 radical (unpaired) electrons. The molecule has 4 heteroatoms. The van der Waals surface area contributed by atoms with E-state index >= 15 is 0 Å². The highest BCUT2D eigenvalue weighted by Crippen LogP contribution is 2.11. The first-order chi connectivity index (χ1) is 9.19. The lowest BCUT2D eigenvalue weighted by Gasteiger charge is -2.06. The van der Waals surface area contributed by atoms with E-state index in [2.05, 4.69) is 5.32 Å². The minimum atomic E-state index is -0.303. The van der Waals surface area contributed by atoms with Crippen LogP contribution in [0.25, 0.3) is 0 Å². The van der Waals surface area contributed by atoms with Gasteiger partial charge in [0.05, 0.1) is 11.6 Å². The standard InChI is InChI=1S/C15H12ClFN2/c16-14-4-1-11(2-5-14)9-19-10-13-7-12(8-18)3-6-15(13)17/h1-7,19H,9-10H2. The van der Waals surface area contributed by atoms with E-state index in [4.69, 9.17) is 16.9 Å². The van der Waals surface area contributed by atoms with Crippen molar-refractivity contribution in [1.29, 1.82) is 5.26 Å². The second kappa shape index (κ2) is 6.33. The van der Waals surface area contributed by atoms with Gasteiger partial charge in [-0.25, -0.2) is 4.39 Å². The molecule has 2 aromatic rings. The number of nitrogens with zero attached hydrogens (tertiary/aromatic N) is 1. The van der Waals surface area contributed by atoms with Gasteiger partial charge in [0.15, 0.2) is 0 Å². The summed E-state index contributed by atoms with van der Waals surface area (Å²) in [5, 5.41) is 12.6. The molecule has 0 saturated heterocycles. The second-order valence-electron chi connectivity index (χ2n) is 4.15. The topological polar surface area (TPSA) is 35.8 Å². The third kappa shape index (κ3) is 3.78. The lowest BCUT2D eigenvalue weighted by Crippen LogP contribution is -2.13. The molecule has 0 atom stereocenters. The van der Waals surface area contributed by atoms with Crippen LogP contribution in [0.15, 0.2) is 42.5 Å². The molecular weight excluding hydrogens is 263 g/mol. The molecule has 0 unspecified atom stereocenters. The average molecular weight is 275 g/mol. The Bertz CT molecular complexity index is 603. The van der Waals surface area contributed by atoms with Gasteiger partial charge < -0.3 is 5.32 Å². The Balaban J connectivity index is 1.96. The van der Waals surface area contributed by atoms with Crippen LogP contribution in [0.1, 0.15) is 16.7 Å². The zero-order valence-corrected chi connectivity index (χ0v) is 10.9. The van der Waals surface area contributed by atoms with Crippen molar-refractivity contribution in [3.8, 4) is 6.07 Å². The molecule has 0 heterocycles. The van der Waals surface area contributed by atoms with Crippen LogP contribution in [0.2, 0.25) is 5.02 Å². The van der Waals surface area contributed by atoms with Gasteiger partial charge in [0, 0.05) is 23.7 Å². The highest BCUT2D eigenvalue weighted by Gasteiger charge is 2.03. The fourth-order valence-electron chi connectivity index (χ4n) is 1.72. The molecule has 19 heavy (non-hydrogen) atoms. The molecule has 0 aliphatic carbocycles. The second-order valence-corrected chi connectivity index (χ2v) is 4.58. The van der Waals surface area contributed by atoms with Gasteiger partial charge in [-0.3, -0.25) is 0 Å². The molecule has 2 rings (SSSR count). The van der Waals surface area contributed by atoms with Crippen molar-refractivity contribution in [2.75, 3.05) is 0 Å². The molecule has 0 bridgehead atoms. The van der Waals surface area contributed by atoms with Gasteiger partial charge in [-0.05, 0) is 35.9 Å². The fraction of sp³-hybridized carbons (Fsp3) is 0.133. The normalized spacial score (nSPS) is 10.2. The third-order valence-corrected chi connectivity index (χ3v) is 2.98. The minimum absolute atomic E-state index is 0.303. The van der Waals surface area contributed by atoms with Gasteiger partial charge in [0.2, 0.25) is 0 Å². The number of rotatable bonds is 4. The Morgan fingerprint density at radius 2 is 1.84 bits per heavy atom. The summed E-state index contributed by atoms with van der Waals surface area (Å²) in [4.78, 5) is 0. The minimum Gasteiger partial charge on any atom is -0.309 e. The number of hydrogen-bond donors (Lipinski definition) is 1. The molecule has 0 aliphatic rings. The molecule has 2 nitrogen and oxygen atoms in total. The van der Waals surface area contributed by atoms with Crippen molar-refractivity contribution >= 4 is 11.6 Å². The molecule has 0 amide bonds. The van der Waals surface area contributed by atoms with Crippen LogP contribution in [0, 0.1) is 17.1 Å². The third-order valence-electron chi connectivity index (χ3n) is 2.73. The Morgan fingerprint density at radius 3 is 2.53 bits per heavy atom. The summed E-state index contributed by atoms with van der Waals surface area (Å²) in [6.07, 6.45) is 0. The first kappa shape index (κ1) is 13.5. The van der Waals surface area contributed by atoms with Crippen molar-refractivity contribution < 1.29 is 4.39 Å². The zero-order chi connectivity index (χ0) is 13.7. The van der Waals surface area contributed by atoms with Crippen molar-refractivity contribution in [3.05, 3.63) is 70.0 Å². The summed E-state index contributed by atoms with van der Waals surface area (Å²) in [6.45, 7) is 0.997. The summed E-state index contributed by atoms with van der Waals surface area (Å²) >= 11 is 5.80. The molecule has 0 fully saturated rings. The smallest absolute Gasteiger partial charge is 0.127 e. The van der Waals surface area contributed by atoms with Gasteiger partial charge >= 0.3 is 0 Å². The van der Waals surface area contributed by atoms with Crippen molar-refractivity contribution in [3.63, 3.8) is 0 Å². The Labute approximate surface area is 116 Å². The SMILES string of the molecule is N#Cc1ccc(F)c(CNCc2ccc(Cl)cc2)c1. The quantitative estimate of drug-likeness (QED) is 0.924. The maximum absolute atomic E-state index is 13.5. The predicted molar refractivity (Wildman–Crippen MR) is 73.1 cm³/mol. The molecular formula is C15H12ClFN2. The van der Waals surface area contributed by atoms with Crippen LogP contribution < -0.4 is 5.32 Å². The van der Waals surface area contributed by atoms with Gasteiger partial charge in [0.1, 0.15) is 5.82 Å². The van der Waals surface area contributed by atoms with E-state index in [1.54, 1.807) is 6.07 Å². The van der Waals surface area contributed by atoms with E-state index in [-0.39, 0.29) is 5.82 Å². The first-order valence-electron chi connectivity index (χ1n) is 5.83. The van der Waals surface area contributed by atoms with Crippen molar-refractivity contribution in [2.45, 2.75) is 13.1 Å². The van der Waals surface area contributed by atoms with Gasteiger partial charge in [-0.15, -0.1) is 0 Å². The van der Waals surface area contributed by atoms with E-state index in [9.17, 15) is 4.39 Å². The number of nitriles is 1. The summed E-state index contributed by atoms with van der Waals surface area (Å²) in [5.41, 5.74) is 2.03. The maximum Gasteiger partial charge on any atom is 0.127 e. The first-order valence-corrected chi connectivity index (χ1v) is 6.20. The maximum atomic E-state index is 13.5. The van der Waals surface area contributed by atoms with Crippen LogP contribution in [0.3, 0.4) is 0 Å². The highest BCUT2D eigenvalue weighted by atomic mass is 35.5. The summed E-state index contributed by atoms with van der Waals surface area (Å²) in [5.74, 6) is -0.303. The molecule has 1 N–H and O–H groups in total. The summed E-state index contributed by atoms with van der Waals surface area (Å²) < 4.78 is 13.5. The molecule has 0 aromatic heterocycles. The molecule has 0 saturated carbocycles. The van der Waals surface area contributed by atoms with Crippen LogP contribution in [-0.4, -0.2) is 0 Å². The van der Waals surface area contributed by atoms with Crippen molar-refractivity contribution in [2.24, 2.45) is 0 Å². The summed E-state index contributed by atoms with van der Waals surface area (Å²) in [6, 6.07) is 13.8. The van der Waals surface area contributed by atoms with E-state index in [1.807, 2.05) is 30.3 Å². The van der Waals surface area contributed by atoms with E-state index in [0.717, 1.165) is 5.56 Å². The molecule has 0 spiro atoms. The van der Waals surface area contributed by atoms with Gasteiger partial charge in [-0.1, -0.05) is 23.7 Å². The number of benzene rings is 2. The average Bonchev–Trinajstić information content (AvgIpc) is 2.43. The fourth-order valence-corrected chi connectivity index (χ4v) is 1.85. The zero-order valence-electron chi connectivity index (χ0n) is 10.2. The molecule has 0 aliphatic heterocycles. The van der Waals surface area contributed by atoms with Crippen LogP contribution in [0.5, 0.6) is 0 Å². The Hall–Kier alpha value is -1.89. The summed E-state index contributed by atoms with van der Waals surface area (Å²) in [7, 11) is 0. The van der Waals surface area contributed by atoms with Crippen molar-refractivity contribution in [1.82, 2.24) is 5.32 Å². The van der Waals surface area contributed by atoms with Crippen LogP contribution in [0.4, 0.5) is 4.39 Å².